The van der Waals surface area contributed by atoms with Gasteiger partial charge in [0.15, 0.2) is 0 Å². The van der Waals surface area contributed by atoms with E-state index in [0.717, 1.165) is 12.2 Å². The molecule has 2 heterocycles. The number of ether oxygens (including phenoxy) is 1. The number of fused-ring (bicyclic) bond motifs is 3. The van der Waals surface area contributed by atoms with Gasteiger partial charge in [-0.25, -0.2) is 0 Å². The monoisotopic (exact) mass is 246 g/mol. The van der Waals surface area contributed by atoms with Crippen molar-refractivity contribution in [1.29, 1.82) is 0 Å². The summed E-state index contributed by atoms with van der Waals surface area (Å²) in [6, 6.07) is 7.86. The lowest BCUT2D eigenvalue weighted by atomic mass is 9.85. The Morgan fingerprint density at radius 1 is 1.33 bits per heavy atom. The van der Waals surface area contributed by atoms with Crippen LogP contribution >= 0.6 is 0 Å². The van der Waals surface area contributed by atoms with Crippen LogP contribution in [-0.2, 0) is 6.42 Å². The highest BCUT2D eigenvalue weighted by atomic mass is 16.5. The van der Waals surface area contributed by atoms with Gasteiger partial charge in [-0.05, 0) is 49.6 Å². The van der Waals surface area contributed by atoms with Gasteiger partial charge in [-0.1, -0.05) is 6.07 Å². The molecule has 1 N–H and O–H groups in total. The summed E-state index contributed by atoms with van der Waals surface area (Å²) in [5.74, 6) is 0.989. The first-order chi connectivity index (χ1) is 8.81. The summed E-state index contributed by atoms with van der Waals surface area (Å²) >= 11 is 0. The third-order valence-corrected chi connectivity index (χ3v) is 4.50. The van der Waals surface area contributed by atoms with Gasteiger partial charge in [0.25, 0.3) is 0 Å². The SMILES string of the molecule is CNC1CCN2CCc3cc(OC)ccc3C2C1. The Morgan fingerprint density at radius 3 is 3.00 bits per heavy atom. The third kappa shape index (κ3) is 2.02. The van der Waals surface area contributed by atoms with Crippen LogP contribution in [0.2, 0.25) is 0 Å². The van der Waals surface area contributed by atoms with E-state index in [1.165, 1.54) is 37.1 Å². The van der Waals surface area contributed by atoms with Crippen molar-refractivity contribution in [3.8, 4) is 5.75 Å². The molecular formula is C15H22N2O. The highest BCUT2D eigenvalue weighted by molar-refractivity contribution is 5.39. The molecule has 0 amide bonds. The maximum Gasteiger partial charge on any atom is 0.119 e. The highest BCUT2D eigenvalue weighted by Gasteiger charge is 2.32. The molecule has 0 spiro atoms. The molecule has 2 atom stereocenters. The molecule has 2 aliphatic rings. The molecule has 98 valence electrons. The minimum absolute atomic E-state index is 0.603. The van der Waals surface area contributed by atoms with E-state index in [9.17, 15) is 0 Å². The van der Waals surface area contributed by atoms with Gasteiger partial charge < -0.3 is 10.1 Å². The zero-order valence-electron chi connectivity index (χ0n) is 11.3. The van der Waals surface area contributed by atoms with E-state index in [2.05, 4.69) is 35.5 Å². The fraction of sp³-hybridized carbons (Fsp3) is 0.600. The van der Waals surface area contributed by atoms with Gasteiger partial charge in [-0.2, -0.15) is 0 Å². The van der Waals surface area contributed by atoms with E-state index in [1.54, 1.807) is 7.11 Å². The molecule has 0 saturated carbocycles. The van der Waals surface area contributed by atoms with Crippen molar-refractivity contribution >= 4 is 0 Å². The third-order valence-electron chi connectivity index (χ3n) is 4.50. The Kier molecular flexibility index (Phi) is 3.27. The first-order valence-corrected chi connectivity index (χ1v) is 6.90. The molecule has 2 aliphatic heterocycles. The Bertz CT molecular complexity index is 433. The summed E-state index contributed by atoms with van der Waals surface area (Å²) in [7, 11) is 3.83. The van der Waals surface area contributed by atoms with Crippen molar-refractivity contribution in [1.82, 2.24) is 10.2 Å². The molecule has 18 heavy (non-hydrogen) atoms. The van der Waals surface area contributed by atoms with Crippen LogP contribution in [0.5, 0.6) is 5.75 Å². The lowest BCUT2D eigenvalue weighted by molar-refractivity contribution is 0.118. The van der Waals surface area contributed by atoms with Crippen molar-refractivity contribution in [2.75, 3.05) is 27.2 Å². The molecule has 3 heteroatoms. The number of benzene rings is 1. The molecule has 0 bridgehead atoms. The zero-order valence-corrected chi connectivity index (χ0v) is 11.3. The number of methoxy groups -OCH3 is 1. The highest BCUT2D eigenvalue weighted by Crippen LogP contribution is 2.37. The predicted octanol–water partition coefficient (Wildman–Crippen LogP) is 1.98. The summed E-state index contributed by atoms with van der Waals surface area (Å²) in [4.78, 5) is 2.64. The topological polar surface area (TPSA) is 24.5 Å². The van der Waals surface area contributed by atoms with E-state index in [4.69, 9.17) is 4.74 Å². The number of nitrogens with one attached hydrogen (secondary N) is 1. The van der Waals surface area contributed by atoms with Crippen LogP contribution < -0.4 is 10.1 Å². The van der Waals surface area contributed by atoms with Gasteiger partial charge in [0, 0.05) is 25.2 Å². The van der Waals surface area contributed by atoms with Gasteiger partial charge in [0.2, 0.25) is 0 Å². The summed E-state index contributed by atoms with van der Waals surface area (Å²) in [5.41, 5.74) is 2.99. The lowest BCUT2D eigenvalue weighted by Gasteiger charge is -2.43. The molecular weight excluding hydrogens is 224 g/mol. The van der Waals surface area contributed by atoms with Crippen molar-refractivity contribution < 1.29 is 4.74 Å². The first-order valence-electron chi connectivity index (χ1n) is 6.90. The summed E-state index contributed by atoms with van der Waals surface area (Å²) < 4.78 is 5.33. The largest absolute Gasteiger partial charge is 0.497 e. The molecule has 2 unspecified atom stereocenters. The van der Waals surface area contributed by atoms with Crippen LogP contribution in [-0.4, -0.2) is 38.2 Å². The Balaban J connectivity index is 1.90. The van der Waals surface area contributed by atoms with Gasteiger partial charge in [0.1, 0.15) is 5.75 Å². The van der Waals surface area contributed by atoms with Crippen LogP contribution in [0.15, 0.2) is 18.2 Å². The summed E-state index contributed by atoms with van der Waals surface area (Å²) in [6.45, 7) is 2.42. The maximum absolute atomic E-state index is 5.33. The maximum atomic E-state index is 5.33. The van der Waals surface area contributed by atoms with Crippen molar-refractivity contribution in [3.63, 3.8) is 0 Å². The van der Waals surface area contributed by atoms with Gasteiger partial charge in [-0.15, -0.1) is 0 Å². The minimum atomic E-state index is 0.603. The summed E-state index contributed by atoms with van der Waals surface area (Å²) in [6.07, 6.45) is 3.67. The van der Waals surface area contributed by atoms with E-state index in [0.29, 0.717) is 12.1 Å². The number of nitrogens with zero attached hydrogens (tertiary/aromatic N) is 1. The van der Waals surface area contributed by atoms with Crippen molar-refractivity contribution in [2.24, 2.45) is 0 Å². The normalized spacial score (nSPS) is 27.4. The number of hydrogen-bond acceptors (Lipinski definition) is 3. The van der Waals surface area contributed by atoms with E-state index in [1.807, 2.05) is 0 Å². The first kappa shape index (κ1) is 12.0. The van der Waals surface area contributed by atoms with Crippen molar-refractivity contribution in [3.05, 3.63) is 29.3 Å². The minimum Gasteiger partial charge on any atom is -0.497 e. The molecule has 1 saturated heterocycles. The second-order valence-electron chi connectivity index (χ2n) is 5.38. The Morgan fingerprint density at radius 2 is 2.22 bits per heavy atom. The molecule has 1 aromatic carbocycles. The zero-order chi connectivity index (χ0) is 12.5. The second kappa shape index (κ2) is 4.90. The quantitative estimate of drug-likeness (QED) is 0.863. The van der Waals surface area contributed by atoms with E-state index >= 15 is 0 Å². The average molecular weight is 246 g/mol. The van der Waals surface area contributed by atoms with E-state index < -0.39 is 0 Å². The number of rotatable bonds is 2. The molecule has 0 aromatic heterocycles. The van der Waals surface area contributed by atoms with Crippen LogP contribution in [0.25, 0.3) is 0 Å². The molecule has 0 aliphatic carbocycles. The number of hydrogen-bond donors (Lipinski definition) is 1. The van der Waals surface area contributed by atoms with Gasteiger partial charge >= 0.3 is 0 Å². The lowest BCUT2D eigenvalue weighted by Crippen LogP contribution is -2.46. The van der Waals surface area contributed by atoms with E-state index in [-0.39, 0.29) is 0 Å². The summed E-state index contributed by atoms with van der Waals surface area (Å²) in [5, 5.41) is 3.44. The average Bonchev–Trinajstić information content (AvgIpc) is 2.45. The molecule has 3 rings (SSSR count). The van der Waals surface area contributed by atoms with Crippen LogP contribution in [0.3, 0.4) is 0 Å². The predicted molar refractivity (Wildman–Crippen MR) is 73.1 cm³/mol. The molecule has 3 nitrogen and oxygen atoms in total. The fourth-order valence-corrected chi connectivity index (χ4v) is 3.38. The van der Waals surface area contributed by atoms with Crippen LogP contribution in [0.4, 0.5) is 0 Å². The second-order valence-corrected chi connectivity index (χ2v) is 5.38. The van der Waals surface area contributed by atoms with Gasteiger partial charge in [-0.3, -0.25) is 4.90 Å². The molecule has 1 aromatic rings. The molecule has 0 radical (unpaired) electrons. The van der Waals surface area contributed by atoms with Crippen LogP contribution in [0, 0.1) is 0 Å². The Hall–Kier alpha value is -1.06. The van der Waals surface area contributed by atoms with Crippen molar-refractivity contribution in [2.45, 2.75) is 31.3 Å². The standard InChI is InChI=1S/C15H22N2O/c1-16-12-6-8-17-7-5-11-9-13(18-2)3-4-14(11)15(17)10-12/h3-4,9,12,15-16H,5-8,10H2,1-2H3. The Labute approximate surface area is 109 Å². The van der Waals surface area contributed by atoms with Crippen LogP contribution in [0.1, 0.15) is 30.0 Å². The van der Waals surface area contributed by atoms with Gasteiger partial charge in [0.05, 0.1) is 7.11 Å². The molecule has 1 fully saturated rings. The fourth-order valence-electron chi connectivity index (χ4n) is 3.38. The number of piperidine rings is 1. The smallest absolute Gasteiger partial charge is 0.119 e.